The molecule has 0 bridgehead atoms. The fourth-order valence-corrected chi connectivity index (χ4v) is 4.72. The highest BCUT2D eigenvalue weighted by Gasteiger charge is 2.22. The van der Waals surface area contributed by atoms with Crippen LogP contribution in [0.3, 0.4) is 0 Å². The molecule has 2 aromatic carbocycles. The molecule has 0 fully saturated rings. The number of nitrogens with one attached hydrogen (secondary N) is 1. The molecule has 0 aliphatic rings. The Kier molecular flexibility index (Phi) is 6.14. The Balaban J connectivity index is 1.60. The van der Waals surface area contributed by atoms with Gasteiger partial charge in [-0.15, -0.1) is 11.3 Å². The van der Waals surface area contributed by atoms with Gasteiger partial charge in [0.05, 0.1) is 11.4 Å². The van der Waals surface area contributed by atoms with Crippen LogP contribution in [0.5, 0.6) is 5.75 Å². The summed E-state index contributed by atoms with van der Waals surface area (Å²) >= 11 is 1.12. The summed E-state index contributed by atoms with van der Waals surface area (Å²) in [4.78, 5) is 11.9. The van der Waals surface area contributed by atoms with Crippen LogP contribution in [0, 0.1) is 11.6 Å². The molecule has 0 spiro atoms. The van der Waals surface area contributed by atoms with E-state index in [2.05, 4.69) is 5.32 Å². The van der Waals surface area contributed by atoms with Crippen molar-refractivity contribution in [1.82, 2.24) is 0 Å². The molecule has 0 unspecified atom stereocenters. The first kappa shape index (κ1) is 20.7. The van der Waals surface area contributed by atoms with E-state index >= 15 is 0 Å². The van der Waals surface area contributed by atoms with E-state index in [9.17, 15) is 22.0 Å². The van der Waals surface area contributed by atoms with Crippen molar-refractivity contribution in [2.75, 3.05) is 23.3 Å². The van der Waals surface area contributed by atoms with E-state index < -0.39 is 34.2 Å². The number of thiophene rings is 1. The molecule has 152 valence electrons. The first-order valence-corrected chi connectivity index (χ1v) is 10.6. The topological polar surface area (TPSA) is 75.7 Å². The highest BCUT2D eigenvalue weighted by molar-refractivity contribution is 7.94. The number of benzene rings is 2. The van der Waals surface area contributed by atoms with Crippen LogP contribution < -0.4 is 14.4 Å². The zero-order chi connectivity index (χ0) is 21.0. The summed E-state index contributed by atoms with van der Waals surface area (Å²) in [6.45, 7) is -0.403. The molecule has 3 aromatic rings. The van der Waals surface area contributed by atoms with Crippen molar-refractivity contribution in [2.45, 2.75) is 4.21 Å². The minimum absolute atomic E-state index is 0.157. The van der Waals surface area contributed by atoms with E-state index in [0.29, 0.717) is 17.5 Å². The Bertz CT molecular complexity index is 1100. The van der Waals surface area contributed by atoms with Gasteiger partial charge in [-0.25, -0.2) is 17.2 Å². The number of anilines is 2. The van der Waals surface area contributed by atoms with Crippen LogP contribution in [-0.2, 0) is 14.8 Å². The van der Waals surface area contributed by atoms with E-state index in [1.807, 2.05) is 0 Å². The second-order valence-corrected chi connectivity index (χ2v) is 9.00. The van der Waals surface area contributed by atoms with Crippen LogP contribution in [-0.4, -0.2) is 28.0 Å². The largest absolute Gasteiger partial charge is 0.484 e. The Morgan fingerprint density at radius 1 is 1.14 bits per heavy atom. The summed E-state index contributed by atoms with van der Waals surface area (Å²) in [5.41, 5.74) is 0.263. The fraction of sp³-hybridized carbons (Fsp3) is 0.105. The van der Waals surface area contributed by atoms with Crippen LogP contribution in [0.15, 0.2) is 64.2 Å². The van der Waals surface area contributed by atoms with Gasteiger partial charge in [0.15, 0.2) is 6.61 Å². The lowest BCUT2D eigenvalue weighted by Crippen LogP contribution is -2.25. The van der Waals surface area contributed by atoms with Crippen molar-refractivity contribution in [3.05, 3.63) is 71.6 Å². The maximum absolute atomic E-state index is 13.5. The third kappa shape index (κ3) is 4.90. The molecule has 3 rings (SSSR count). The molecule has 1 N–H and O–H groups in total. The van der Waals surface area contributed by atoms with E-state index in [-0.39, 0.29) is 9.90 Å². The number of hydrogen-bond acceptors (Lipinski definition) is 5. The monoisotopic (exact) mass is 438 g/mol. The summed E-state index contributed by atoms with van der Waals surface area (Å²) < 4.78 is 58.1. The highest BCUT2D eigenvalue weighted by atomic mass is 32.2. The third-order valence-electron chi connectivity index (χ3n) is 3.89. The van der Waals surface area contributed by atoms with Crippen LogP contribution in [0.4, 0.5) is 20.2 Å². The lowest BCUT2D eigenvalue weighted by atomic mass is 10.3. The van der Waals surface area contributed by atoms with Gasteiger partial charge in [0, 0.05) is 13.1 Å². The lowest BCUT2D eigenvalue weighted by molar-refractivity contribution is -0.118. The maximum atomic E-state index is 13.5. The number of sulfonamides is 1. The summed E-state index contributed by atoms with van der Waals surface area (Å²) in [7, 11) is -2.20. The summed E-state index contributed by atoms with van der Waals surface area (Å²) in [6, 6.07) is 12.1. The van der Waals surface area contributed by atoms with Crippen LogP contribution in [0.2, 0.25) is 0 Å². The number of carbonyl (C=O) groups is 1. The molecular weight excluding hydrogens is 422 g/mol. The molecule has 6 nitrogen and oxygen atoms in total. The molecular formula is C19H16F2N2O4S2. The van der Waals surface area contributed by atoms with Gasteiger partial charge in [-0.05, 0) is 47.8 Å². The number of nitrogens with zero attached hydrogens (tertiary/aromatic N) is 1. The molecule has 0 atom stereocenters. The minimum atomic E-state index is -3.64. The Morgan fingerprint density at radius 2 is 1.86 bits per heavy atom. The molecule has 0 radical (unpaired) electrons. The van der Waals surface area contributed by atoms with Gasteiger partial charge in [-0.1, -0.05) is 6.07 Å². The number of rotatable bonds is 7. The zero-order valence-corrected chi connectivity index (χ0v) is 16.8. The first-order valence-electron chi connectivity index (χ1n) is 8.27. The highest BCUT2D eigenvalue weighted by Crippen LogP contribution is 2.26. The zero-order valence-electron chi connectivity index (χ0n) is 15.1. The summed E-state index contributed by atoms with van der Waals surface area (Å²) in [6.07, 6.45) is 0. The quantitative estimate of drug-likeness (QED) is 0.608. The molecule has 1 amide bonds. The molecule has 0 saturated carbocycles. The Labute approximate surface area is 170 Å². The summed E-state index contributed by atoms with van der Waals surface area (Å²) in [5, 5.41) is 3.96. The number of halogens is 2. The predicted molar refractivity (Wildman–Crippen MR) is 107 cm³/mol. The van der Waals surface area contributed by atoms with Crippen molar-refractivity contribution in [3.63, 3.8) is 0 Å². The number of ether oxygens (including phenoxy) is 1. The fourth-order valence-electron chi connectivity index (χ4n) is 2.36. The van der Waals surface area contributed by atoms with Crippen molar-refractivity contribution >= 4 is 38.6 Å². The first-order chi connectivity index (χ1) is 13.8. The van der Waals surface area contributed by atoms with E-state index in [4.69, 9.17) is 4.74 Å². The number of hydrogen-bond donors (Lipinski definition) is 1. The molecule has 10 heteroatoms. The van der Waals surface area contributed by atoms with Gasteiger partial charge in [0.1, 0.15) is 21.6 Å². The molecule has 0 aliphatic heterocycles. The van der Waals surface area contributed by atoms with Crippen molar-refractivity contribution in [3.8, 4) is 5.75 Å². The molecule has 1 aromatic heterocycles. The van der Waals surface area contributed by atoms with Gasteiger partial charge in [0.25, 0.3) is 15.9 Å². The van der Waals surface area contributed by atoms with E-state index in [0.717, 1.165) is 27.8 Å². The minimum Gasteiger partial charge on any atom is -0.484 e. The average Bonchev–Trinajstić information content (AvgIpc) is 3.24. The van der Waals surface area contributed by atoms with E-state index in [1.54, 1.807) is 11.4 Å². The Hall–Kier alpha value is -2.98. The normalized spacial score (nSPS) is 11.1. The van der Waals surface area contributed by atoms with Crippen LogP contribution >= 0.6 is 11.3 Å². The SMILES string of the molecule is CN(c1ccc(OCC(=O)Nc2ccc(F)cc2F)cc1)S(=O)(=O)c1cccs1. The summed E-state index contributed by atoms with van der Waals surface area (Å²) in [5.74, 6) is -1.94. The average molecular weight is 438 g/mol. The van der Waals surface area contributed by atoms with Crippen LogP contribution in [0.1, 0.15) is 0 Å². The van der Waals surface area contributed by atoms with Gasteiger partial charge in [-0.3, -0.25) is 9.10 Å². The predicted octanol–water partition coefficient (Wildman–Crippen LogP) is 3.87. The second kappa shape index (κ2) is 8.58. The van der Waals surface area contributed by atoms with Gasteiger partial charge >= 0.3 is 0 Å². The molecule has 1 heterocycles. The molecule has 0 aliphatic carbocycles. The van der Waals surface area contributed by atoms with Crippen molar-refractivity contribution in [1.29, 1.82) is 0 Å². The lowest BCUT2D eigenvalue weighted by Gasteiger charge is -2.18. The maximum Gasteiger partial charge on any atom is 0.273 e. The van der Waals surface area contributed by atoms with Gasteiger partial charge in [-0.2, -0.15) is 0 Å². The number of carbonyl (C=O) groups excluding carboxylic acids is 1. The molecule has 29 heavy (non-hydrogen) atoms. The van der Waals surface area contributed by atoms with E-state index in [1.165, 1.54) is 37.4 Å². The smallest absolute Gasteiger partial charge is 0.273 e. The van der Waals surface area contributed by atoms with Crippen molar-refractivity contribution in [2.24, 2.45) is 0 Å². The third-order valence-corrected chi connectivity index (χ3v) is 7.04. The molecule has 0 saturated heterocycles. The van der Waals surface area contributed by atoms with Gasteiger partial charge < -0.3 is 10.1 Å². The van der Waals surface area contributed by atoms with Crippen molar-refractivity contribution < 1.29 is 26.7 Å². The second-order valence-electron chi connectivity index (χ2n) is 5.86. The standard InChI is InChI=1S/C19H16F2N2O4S2/c1-23(29(25,26)19-3-2-10-28-19)14-5-7-15(8-6-14)27-12-18(24)22-17-9-4-13(20)11-16(17)21/h2-11H,12H2,1H3,(H,22,24). The number of amides is 1. The van der Waals surface area contributed by atoms with Gasteiger partial charge in [0.2, 0.25) is 0 Å². The Morgan fingerprint density at radius 3 is 2.48 bits per heavy atom. The van der Waals surface area contributed by atoms with Crippen LogP contribution in [0.25, 0.3) is 0 Å².